The van der Waals surface area contributed by atoms with Crippen LogP contribution in [0.5, 0.6) is 5.75 Å². The molecule has 2 rings (SSSR count). The maximum absolute atomic E-state index is 11.7. The highest BCUT2D eigenvalue weighted by molar-refractivity contribution is 7.47. The van der Waals surface area contributed by atoms with E-state index in [1.807, 2.05) is 6.07 Å². The first-order valence-electron chi connectivity index (χ1n) is 6.03. The molecule has 18 heavy (non-hydrogen) atoms. The van der Waals surface area contributed by atoms with E-state index in [1.54, 1.807) is 24.3 Å². The minimum Gasteiger partial charge on any atom is -0.404 e. The first-order valence-corrected chi connectivity index (χ1v) is 7.52. The molecule has 0 fully saturated rings. The van der Waals surface area contributed by atoms with Crippen molar-refractivity contribution in [3.63, 3.8) is 0 Å². The van der Waals surface area contributed by atoms with E-state index in [1.165, 1.54) is 0 Å². The van der Waals surface area contributed by atoms with Crippen LogP contribution in [0.25, 0.3) is 0 Å². The standard InChI is InChI=1S/C13H17O4P/c14-18(15,17-13-9-5-2-6-10-13)16-11-12-7-3-1-4-8-12/h1-3,5-6,9-10,12H,4,7-8,11H2,(H,14,15). The van der Waals surface area contributed by atoms with Crippen LogP contribution in [0.3, 0.4) is 0 Å². The van der Waals surface area contributed by atoms with Gasteiger partial charge in [0.2, 0.25) is 0 Å². The fourth-order valence-electron chi connectivity index (χ4n) is 1.85. The molecule has 4 nitrogen and oxygen atoms in total. The number of hydrogen-bond acceptors (Lipinski definition) is 3. The van der Waals surface area contributed by atoms with Crippen molar-refractivity contribution < 1.29 is 18.5 Å². The number of allylic oxidation sites excluding steroid dienone is 2. The lowest BCUT2D eigenvalue weighted by Gasteiger charge is -2.19. The summed E-state index contributed by atoms with van der Waals surface area (Å²) in [6.45, 7) is 0.255. The van der Waals surface area contributed by atoms with E-state index in [0.29, 0.717) is 11.7 Å². The van der Waals surface area contributed by atoms with Crippen LogP contribution in [0.15, 0.2) is 42.5 Å². The Morgan fingerprint density at radius 3 is 2.72 bits per heavy atom. The monoisotopic (exact) mass is 268 g/mol. The molecule has 0 aliphatic heterocycles. The molecule has 5 heteroatoms. The van der Waals surface area contributed by atoms with Crippen molar-refractivity contribution in [2.45, 2.75) is 19.3 Å². The lowest BCUT2D eigenvalue weighted by atomic mass is 9.96. The molecule has 0 saturated heterocycles. The molecule has 1 aromatic carbocycles. The Morgan fingerprint density at radius 2 is 2.06 bits per heavy atom. The molecule has 2 atom stereocenters. The van der Waals surface area contributed by atoms with Gasteiger partial charge in [0.15, 0.2) is 0 Å². The number of phosphoric acid groups is 1. The fourth-order valence-corrected chi connectivity index (χ4v) is 2.69. The summed E-state index contributed by atoms with van der Waals surface area (Å²) in [7, 11) is -4.01. The highest BCUT2D eigenvalue weighted by Crippen LogP contribution is 2.44. The van der Waals surface area contributed by atoms with E-state index >= 15 is 0 Å². The summed E-state index contributed by atoms with van der Waals surface area (Å²) in [5.41, 5.74) is 0. The average molecular weight is 268 g/mol. The molecule has 0 aromatic heterocycles. The molecule has 0 radical (unpaired) electrons. The molecular weight excluding hydrogens is 251 g/mol. The molecular formula is C13H17O4P. The molecule has 0 saturated carbocycles. The van der Waals surface area contributed by atoms with E-state index in [4.69, 9.17) is 9.05 Å². The molecule has 0 bridgehead atoms. The third-order valence-electron chi connectivity index (χ3n) is 2.82. The zero-order valence-electron chi connectivity index (χ0n) is 10.1. The molecule has 1 aliphatic carbocycles. The third kappa shape index (κ3) is 4.30. The van der Waals surface area contributed by atoms with E-state index in [2.05, 4.69) is 12.2 Å². The zero-order chi connectivity index (χ0) is 12.8. The van der Waals surface area contributed by atoms with E-state index in [0.717, 1.165) is 19.3 Å². The summed E-state index contributed by atoms with van der Waals surface area (Å²) < 4.78 is 21.7. The maximum Gasteiger partial charge on any atom is 0.527 e. The summed E-state index contributed by atoms with van der Waals surface area (Å²) in [5, 5.41) is 0. The SMILES string of the molecule is O=P(O)(OCC1CC=CCC1)Oc1ccccc1. The molecule has 1 N–H and O–H groups in total. The van der Waals surface area contributed by atoms with Crippen molar-refractivity contribution in [1.29, 1.82) is 0 Å². The van der Waals surface area contributed by atoms with Crippen LogP contribution in [0, 0.1) is 5.92 Å². The summed E-state index contributed by atoms with van der Waals surface area (Å²) in [4.78, 5) is 9.59. The van der Waals surface area contributed by atoms with Crippen molar-refractivity contribution in [3.8, 4) is 5.75 Å². The van der Waals surface area contributed by atoms with Gasteiger partial charge in [-0.2, -0.15) is 0 Å². The van der Waals surface area contributed by atoms with Gasteiger partial charge >= 0.3 is 7.82 Å². The summed E-state index contributed by atoms with van der Waals surface area (Å²) in [6.07, 6.45) is 7.09. The molecule has 98 valence electrons. The van der Waals surface area contributed by atoms with Crippen LogP contribution in [-0.2, 0) is 9.09 Å². The van der Waals surface area contributed by atoms with Gasteiger partial charge < -0.3 is 4.52 Å². The van der Waals surface area contributed by atoms with Crippen molar-refractivity contribution in [2.75, 3.05) is 6.61 Å². The largest absolute Gasteiger partial charge is 0.527 e. The van der Waals surface area contributed by atoms with Gasteiger partial charge in [-0.25, -0.2) is 4.57 Å². The molecule has 0 amide bonds. The minimum atomic E-state index is -4.01. The van der Waals surface area contributed by atoms with Gasteiger partial charge in [-0.15, -0.1) is 0 Å². The first kappa shape index (κ1) is 13.3. The average Bonchev–Trinajstić information content (AvgIpc) is 2.38. The predicted octanol–water partition coefficient (Wildman–Crippen LogP) is 3.54. The molecule has 1 aliphatic rings. The number of rotatable bonds is 5. The molecule has 2 unspecified atom stereocenters. The van der Waals surface area contributed by atoms with Crippen molar-refractivity contribution in [3.05, 3.63) is 42.5 Å². The Balaban J connectivity index is 1.83. The Bertz CT molecular complexity index is 444. The minimum absolute atomic E-state index is 0.255. The number of phosphoric ester groups is 1. The zero-order valence-corrected chi connectivity index (χ0v) is 11.0. The van der Waals surface area contributed by atoms with Gasteiger partial charge in [0, 0.05) is 0 Å². The lowest BCUT2D eigenvalue weighted by molar-refractivity contribution is 0.168. The van der Waals surface area contributed by atoms with Crippen LogP contribution < -0.4 is 4.52 Å². The van der Waals surface area contributed by atoms with Gasteiger partial charge in [0.05, 0.1) is 6.61 Å². The summed E-state index contributed by atoms with van der Waals surface area (Å²) in [6, 6.07) is 8.53. The first-order chi connectivity index (χ1) is 8.66. The van der Waals surface area contributed by atoms with Crippen molar-refractivity contribution in [1.82, 2.24) is 0 Å². The number of hydrogen-bond donors (Lipinski definition) is 1. The number of para-hydroxylation sites is 1. The Morgan fingerprint density at radius 1 is 1.28 bits per heavy atom. The van der Waals surface area contributed by atoms with Crippen LogP contribution in [0.2, 0.25) is 0 Å². The predicted molar refractivity (Wildman–Crippen MR) is 69.3 cm³/mol. The Kier molecular flexibility index (Phi) is 4.59. The second-order valence-electron chi connectivity index (χ2n) is 4.32. The third-order valence-corrected chi connectivity index (χ3v) is 3.73. The fraction of sp³-hybridized carbons (Fsp3) is 0.385. The van der Waals surface area contributed by atoms with Gasteiger partial charge in [-0.1, -0.05) is 30.4 Å². The Labute approximate surface area is 107 Å². The maximum atomic E-state index is 11.7. The lowest BCUT2D eigenvalue weighted by Crippen LogP contribution is -2.11. The van der Waals surface area contributed by atoms with Crippen LogP contribution >= 0.6 is 7.82 Å². The highest BCUT2D eigenvalue weighted by atomic mass is 31.2. The van der Waals surface area contributed by atoms with Gasteiger partial charge in [0.25, 0.3) is 0 Å². The van der Waals surface area contributed by atoms with E-state index in [-0.39, 0.29) is 6.61 Å². The van der Waals surface area contributed by atoms with Crippen molar-refractivity contribution >= 4 is 7.82 Å². The van der Waals surface area contributed by atoms with E-state index in [9.17, 15) is 9.46 Å². The van der Waals surface area contributed by atoms with Crippen LogP contribution in [-0.4, -0.2) is 11.5 Å². The second-order valence-corrected chi connectivity index (χ2v) is 5.70. The summed E-state index contributed by atoms with van der Waals surface area (Å²) in [5.74, 6) is 0.640. The normalized spacial score (nSPS) is 22.4. The molecule has 1 aromatic rings. The van der Waals surface area contributed by atoms with Gasteiger partial charge in [-0.05, 0) is 37.3 Å². The Hall–Kier alpha value is -1.09. The molecule has 0 heterocycles. The second kappa shape index (κ2) is 6.19. The quantitative estimate of drug-likeness (QED) is 0.655. The van der Waals surface area contributed by atoms with Crippen LogP contribution in [0.4, 0.5) is 0 Å². The highest BCUT2D eigenvalue weighted by Gasteiger charge is 2.24. The van der Waals surface area contributed by atoms with E-state index < -0.39 is 7.82 Å². The summed E-state index contributed by atoms with van der Waals surface area (Å²) >= 11 is 0. The number of benzene rings is 1. The van der Waals surface area contributed by atoms with Gasteiger partial charge in [0.1, 0.15) is 5.75 Å². The topological polar surface area (TPSA) is 55.8 Å². The van der Waals surface area contributed by atoms with Crippen LogP contribution in [0.1, 0.15) is 19.3 Å². The molecule has 0 spiro atoms. The smallest absolute Gasteiger partial charge is 0.404 e. The van der Waals surface area contributed by atoms with Gasteiger partial charge in [-0.3, -0.25) is 9.42 Å². The van der Waals surface area contributed by atoms with Crippen molar-refractivity contribution in [2.24, 2.45) is 5.92 Å².